The molecule has 0 fully saturated rings. The molecule has 1 aromatic carbocycles. The first-order valence-corrected chi connectivity index (χ1v) is 6.87. The minimum absolute atomic E-state index is 0.0697. The fraction of sp³-hybridized carbons (Fsp3) is 0.357. The van der Waals surface area contributed by atoms with E-state index >= 15 is 0 Å². The Bertz CT molecular complexity index is 587. The van der Waals surface area contributed by atoms with Crippen molar-refractivity contribution in [1.82, 2.24) is 15.5 Å². The van der Waals surface area contributed by atoms with Crippen LogP contribution in [-0.2, 0) is 6.54 Å². The lowest BCUT2D eigenvalue weighted by molar-refractivity contribution is 0.423. The first-order chi connectivity index (χ1) is 8.98. The zero-order chi connectivity index (χ0) is 13.9. The van der Waals surface area contributed by atoms with E-state index in [0.717, 1.165) is 22.1 Å². The van der Waals surface area contributed by atoms with Crippen molar-refractivity contribution < 1.29 is 0 Å². The Morgan fingerprint density at radius 2 is 1.89 bits per heavy atom. The Balaban J connectivity index is 2.10. The van der Waals surface area contributed by atoms with Gasteiger partial charge in [0, 0.05) is 11.1 Å². The Morgan fingerprint density at radius 1 is 1.21 bits per heavy atom. The second-order valence-electron chi connectivity index (χ2n) is 5.29. The van der Waals surface area contributed by atoms with E-state index in [1.807, 2.05) is 12.1 Å². The van der Waals surface area contributed by atoms with Gasteiger partial charge in [0.05, 0.1) is 18.2 Å². The van der Waals surface area contributed by atoms with Gasteiger partial charge in [-0.15, -0.1) is 10.2 Å². The van der Waals surface area contributed by atoms with Gasteiger partial charge in [-0.3, -0.25) is 0 Å². The van der Waals surface area contributed by atoms with E-state index in [1.165, 1.54) is 0 Å². The van der Waals surface area contributed by atoms with E-state index in [2.05, 4.69) is 42.4 Å². The van der Waals surface area contributed by atoms with Crippen molar-refractivity contribution in [2.75, 3.05) is 0 Å². The van der Waals surface area contributed by atoms with Crippen LogP contribution in [0.5, 0.6) is 0 Å². The van der Waals surface area contributed by atoms with Gasteiger partial charge in [-0.1, -0.05) is 23.5 Å². The standard InChI is InChI=1S/C14H16N4S/c1-14(2,3)16-9-12-17-18-13(19-12)11-6-4-10(8-15)5-7-11/h4-7,16H,9H2,1-3H3. The molecule has 0 aliphatic carbocycles. The molecule has 0 aliphatic rings. The third kappa shape index (κ3) is 3.85. The monoisotopic (exact) mass is 272 g/mol. The summed E-state index contributed by atoms with van der Waals surface area (Å²) in [5, 5.41) is 22.4. The number of hydrogen-bond donors (Lipinski definition) is 1. The quantitative estimate of drug-likeness (QED) is 0.933. The third-order valence-corrected chi connectivity index (χ3v) is 3.47. The molecule has 1 N–H and O–H groups in total. The predicted octanol–water partition coefficient (Wildman–Crippen LogP) is 2.96. The molecule has 0 bridgehead atoms. The van der Waals surface area contributed by atoms with Crippen molar-refractivity contribution >= 4 is 11.3 Å². The molecule has 0 saturated carbocycles. The highest BCUT2D eigenvalue weighted by molar-refractivity contribution is 7.14. The van der Waals surface area contributed by atoms with E-state index in [0.29, 0.717) is 5.56 Å². The Morgan fingerprint density at radius 3 is 2.47 bits per heavy atom. The van der Waals surface area contributed by atoms with Gasteiger partial charge in [0.25, 0.3) is 0 Å². The molecule has 0 radical (unpaired) electrons. The molecule has 5 heteroatoms. The van der Waals surface area contributed by atoms with Crippen LogP contribution in [0.3, 0.4) is 0 Å². The molecule has 0 spiro atoms. The van der Waals surface area contributed by atoms with Crippen LogP contribution in [0, 0.1) is 11.3 Å². The van der Waals surface area contributed by atoms with Crippen molar-refractivity contribution in [3.05, 3.63) is 34.8 Å². The molecule has 2 rings (SSSR count). The molecule has 0 aliphatic heterocycles. The van der Waals surface area contributed by atoms with Crippen LogP contribution in [0.15, 0.2) is 24.3 Å². The van der Waals surface area contributed by atoms with Gasteiger partial charge in [-0.05, 0) is 32.9 Å². The molecular formula is C14H16N4S. The summed E-state index contributed by atoms with van der Waals surface area (Å²) in [4.78, 5) is 0. The summed E-state index contributed by atoms with van der Waals surface area (Å²) in [5.74, 6) is 0. The topological polar surface area (TPSA) is 61.6 Å². The van der Waals surface area contributed by atoms with Crippen LogP contribution < -0.4 is 5.32 Å². The fourth-order valence-corrected chi connectivity index (χ4v) is 2.25. The highest BCUT2D eigenvalue weighted by atomic mass is 32.1. The molecule has 98 valence electrons. The maximum atomic E-state index is 8.77. The van der Waals surface area contributed by atoms with Crippen molar-refractivity contribution in [1.29, 1.82) is 5.26 Å². The molecule has 0 atom stereocenters. The second-order valence-corrected chi connectivity index (χ2v) is 6.36. The first kappa shape index (κ1) is 13.7. The highest BCUT2D eigenvalue weighted by Gasteiger charge is 2.11. The van der Waals surface area contributed by atoms with Crippen LogP contribution >= 0.6 is 11.3 Å². The van der Waals surface area contributed by atoms with Crippen LogP contribution in [0.2, 0.25) is 0 Å². The second kappa shape index (κ2) is 5.47. The zero-order valence-corrected chi connectivity index (χ0v) is 12.1. The summed E-state index contributed by atoms with van der Waals surface area (Å²) >= 11 is 1.57. The minimum Gasteiger partial charge on any atom is -0.306 e. The van der Waals surface area contributed by atoms with Gasteiger partial charge in [-0.2, -0.15) is 5.26 Å². The van der Waals surface area contributed by atoms with E-state index in [4.69, 9.17) is 5.26 Å². The van der Waals surface area contributed by atoms with E-state index in [1.54, 1.807) is 23.5 Å². The lowest BCUT2D eigenvalue weighted by atomic mass is 10.1. The van der Waals surface area contributed by atoms with Crippen LogP contribution in [0.25, 0.3) is 10.6 Å². The summed E-state index contributed by atoms with van der Waals surface area (Å²) in [5.41, 5.74) is 1.72. The molecule has 2 aromatic rings. The van der Waals surface area contributed by atoms with Gasteiger partial charge < -0.3 is 5.32 Å². The molecule has 0 unspecified atom stereocenters. The summed E-state index contributed by atoms with van der Waals surface area (Å²) < 4.78 is 0. The number of nitrogens with one attached hydrogen (secondary N) is 1. The number of nitrogens with zero attached hydrogens (tertiary/aromatic N) is 3. The number of aromatic nitrogens is 2. The molecule has 1 aromatic heterocycles. The Labute approximate surface area is 117 Å². The van der Waals surface area contributed by atoms with Gasteiger partial charge in [0.15, 0.2) is 0 Å². The van der Waals surface area contributed by atoms with Crippen LogP contribution in [-0.4, -0.2) is 15.7 Å². The summed E-state index contributed by atoms with van der Waals surface area (Å²) in [6, 6.07) is 9.50. The van der Waals surface area contributed by atoms with Gasteiger partial charge >= 0.3 is 0 Å². The van der Waals surface area contributed by atoms with Crippen molar-refractivity contribution in [3.8, 4) is 16.6 Å². The summed E-state index contributed by atoms with van der Waals surface area (Å²) in [7, 11) is 0. The number of rotatable bonds is 3. The van der Waals surface area contributed by atoms with Crippen LogP contribution in [0.4, 0.5) is 0 Å². The molecule has 0 amide bonds. The Hall–Kier alpha value is -1.77. The van der Waals surface area contributed by atoms with Gasteiger partial charge in [0.1, 0.15) is 10.0 Å². The smallest absolute Gasteiger partial charge is 0.147 e. The molecule has 1 heterocycles. The van der Waals surface area contributed by atoms with Gasteiger partial charge in [0.2, 0.25) is 0 Å². The lowest BCUT2D eigenvalue weighted by Gasteiger charge is -2.19. The van der Waals surface area contributed by atoms with Gasteiger partial charge in [-0.25, -0.2) is 0 Å². The lowest BCUT2D eigenvalue weighted by Crippen LogP contribution is -2.35. The average molecular weight is 272 g/mol. The molecular weight excluding hydrogens is 256 g/mol. The third-order valence-electron chi connectivity index (χ3n) is 2.50. The largest absolute Gasteiger partial charge is 0.306 e. The fourth-order valence-electron chi connectivity index (χ4n) is 1.47. The predicted molar refractivity (Wildman–Crippen MR) is 76.7 cm³/mol. The summed E-state index contributed by atoms with van der Waals surface area (Å²) in [6.07, 6.45) is 0. The number of nitriles is 1. The maximum absolute atomic E-state index is 8.77. The molecule has 0 saturated heterocycles. The zero-order valence-electron chi connectivity index (χ0n) is 11.3. The summed E-state index contributed by atoms with van der Waals surface area (Å²) in [6.45, 7) is 7.08. The van der Waals surface area contributed by atoms with Crippen molar-refractivity contribution in [3.63, 3.8) is 0 Å². The van der Waals surface area contributed by atoms with E-state index in [9.17, 15) is 0 Å². The SMILES string of the molecule is CC(C)(C)NCc1nnc(-c2ccc(C#N)cc2)s1. The molecule has 4 nitrogen and oxygen atoms in total. The van der Waals surface area contributed by atoms with Crippen LogP contribution in [0.1, 0.15) is 31.3 Å². The Kier molecular flexibility index (Phi) is 3.93. The highest BCUT2D eigenvalue weighted by Crippen LogP contribution is 2.23. The average Bonchev–Trinajstić information content (AvgIpc) is 2.84. The van der Waals surface area contributed by atoms with Crippen molar-refractivity contribution in [2.24, 2.45) is 0 Å². The normalized spacial score (nSPS) is 11.3. The minimum atomic E-state index is 0.0697. The number of benzene rings is 1. The van der Waals surface area contributed by atoms with E-state index in [-0.39, 0.29) is 5.54 Å². The van der Waals surface area contributed by atoms with E-state index < -0.39 is 0 Å². The molecule has 19 heavy (non-hydrogen) atoms. The number of hydrogen-bond acceptors (Lipinski definition) is 5. The first-order valence-electron chi connectivity index (χ1n) is 6.06. The maximum Gasteiger partial charge on any atom is 0.147 e. The van der Waals surface area contributed by atoms with Crippen molar-refractivity contribution in [2.45, 2.75) is 32.9 Å².